The second-order valence-electron chi connectivity index (χ2n) is 6.67. The van der Waals surface area contributed by atoms with Gasteiger partial charge in [0.1, 0.15) is 11.3 Å². The van der Waals surface area contributed by atoms with Crippen LogP contribution >= 0.6 is 11.6 Å². The Bertz CT molecular complexity index is 601. The Hall–Kier alpha value is -1.09. The third-order valence-corrected chi connectivity index (χ3v) is 4.32. The molecule has 0 radical (unpaired) electrons. The summed E-state index contributed by atoms with van der Waals surface area (Å²) >= 11 is 6.10. The smallest absolute Gasteiger partial charge is 0.160 e. The van der Waals surface area contributed by atoms with Crippen LogP contribution in [-0.4, -0.2) is 14.5 Å². The van der Waals surface area contributed by atoms with E-state index in [1.54, 1.807) is 0 Å². The average molecular weight is 308 g/mol. The van der Waals surface area contributed by atoms with E-state index < -0.39 is 0 Å². The third kappa shape index (κ3) is 3.76. The van der Waals surface area contributed by atoms with Crippen molar-refractivity contribution in [3.63, 3.8) is 0 Å². The first-order valence-corrected chi connectivity index (χ1v) is 8.38. The van der Waals surface area contributed by atoms with E-state index in [0.29, 0.717) is 5.88 Å². The van der Waals surface area contributed by atoms with E-state index in [0.717, 1.165) is 29.1 Å². The number of aromatic nitrogens is 3. The van der Waals surface area contributed by atoms with E-state index in [1.807, 2.05) is 12.3 Å². The summed E-state index contributed by atoms with van der Waals surface area (Å²) in [5, 5.41) is 0. The van der Waals surface area contributed by atoms with E-state index in [4.69, 9.17) is 11.6 Å². The van der Waals surface area contributed by atoms with Gasteiger partial charge in [-0.3, -0.25) is 0 Å². The van der Waals surface area contributed by atoms with Crippen LogP contribution in [0.15, 0.2) is 12.3 Å². The van der Waals surface area contributed by atoms with Crippen molar-refractivity contribution in [1.82, 2.24) is 14.5 Å². The van der Waals surface area contributed by atoms with E-state index in [9.17, 15) is 0 Å². The number of imidazole rings is 1. The van der Waals surface area contributed by atoms with Gasteiger partial charge in [-0.25, -0.2) is 9.97 Å². The largest absolute Gasteiger partial charge is 0.311 e. The van der Waals surface area contributed by atoms with Crippen molar-refractivity contribution in [3.05, 3.63) is 23.7 Å². The number of unbranched alkanes of at least 4 members (excludes halogenated alkanes) is 2. The van der Waals surface area contributed by atoms with Gasteiger partial charge < -0.3 is 4.57 Å². The van der Waals surface area contributed by atoms with Gasteiger partial charge in [0, 0.05) is 12.7 Å². The zero-order valence-electron chi connectivity index (χ0n) is 13.6. The molecule has 0 bridgehead atoms. The summed E-state index contributed by atoms with van der Waals surface area (Å²) in [7, 11) is 0. The van der Waals surface area contributed by atoms with Crippen molar-refractivity contribution >= 4 is 22.8 Å². The van der Waals surface area contributed by atoms with Crippen LogP contribution in [0, 0.1) is 12.3 Å². The molecule has 3 nitrogen and oxygen atoms in total. The second-order valence-corrected chi connectivity index (χ2v) is 6.94. The number of nitrogens with zero attached hydrogens (tertiary/aromatic N) is 3. The fourth-order valence-electron chi connectivity index (χ4n) is 2.81. The van der Waals surface area contributed by atoms with E-state index >= 15 is 0 Å². The zero-order chi connectivity index (χ0) is 15.5. The predicted molar refractivity (Wildman–Crippen MR) is 89.7 cm³/mol. The van der Waals surface area contributed by atoms with Crippen LogP contribution in [0.4, 0.5) is 0 Å². The Morgan fingerprint density at radius 2 is 2.05 bits per heavy atom. The maximum atomic E-state index is 6.10. The highest BCUT2D eigenvalue weighted by Crippen LogP contribution is 2.29. The van der Waals surface area contributed by atoms with Gasteiger partial charge in [0.15, 0.2) is 5.65 Å². The summed E-state index contributed by atoms with van der Waals surface area (Å²) in [6.45, 7) is 9.89. The van der Waals surface area contributed by atoms with Crippen LogP contribution in [0.2, 0.25) is 0 Å². The topological polar surface area (TPSA) is 30.7 Å². The van der Waals surface area contributed by atoms with Crippen molar-refractivity contribution in [2.24, 2.45) is 5.41 Å². The van der Waals surface area contributed by atoms with E-state index in [-0.39, 0.29) is 5.41 Å². The predicted octanol–water partition coefficient (Wildman–Crippen LogP) is 5.09. The molecule has 0 spiro atoms. The number of alkyl halides is 1. The molecule has 0 amide bonds. The Kier molecular flexibility index (Phi) is 5.26. The molecule has 4 heteroatoms. The highest BCUT2D eigenvalue weighted by atomic mass is 35.5. The molecule has 0 saturated heterocycles. The minimum atomic E-state index is 0.231. The number of rotatable bonds is 7. The lowest BCUT2D eigenvalue weighted by Gasteiger charge is -2.26. The van der Waals surface area contributed by atoms with Gasteiger partial charge in [-0.1, -0.05) is 40.0 Å². The first kappa shape index (κ1) is 16.3. The molecule has 116 valence electrons. The average Bonchev–Trinajstić information content (AvgIpc) is 2.78. The molecule has 0 unspecified atom stereocenters. The molecule has 0 aliphatic heterocycles. The molecule has 2 aromatic rings. The molecule has 0 fully saturated rings. The molecule has 0 N–H and O–H groups in total. The van der Waals surface area contributed by atoms with Gasteiger partial charge in [0.2, 0.25) is 0 Å². The van der Waals surface area contributed by atoms with Crippen LogP contribution in [0.3, 0.4) is 0 Å². The first-order chi connectivity index (χ1) is 9.98. The Balaban J connectivity index is 2.30. The molecule has 0 saturated carbocycles. The third-order valence-electron chi connectivity index (χ3n) is 4.08. The van der Waals surface area contributed by atoms with Gasteiger partial charge >= 0.3 is 0 Å². The van der Waals surface area contributed by atoms with Gasteiger partial charge in [-0.2, -0.15) is 0 Å². The summed E-state index contributed by atoms with van der Waals surface area (Å²) < 4.78 is 2.21. The summed E-state index contributed by atoms with van der Waals surface area (Å²) in [5.41, 5.74) is 3.34. The second kappa shape index (κ2) is 6.78. The van der Waals surface area contributed by atoms with Gasteiger partial charge in [-0.15, -0.1) is 11.6 Å². The van der Waals surface area contributed by atoms with Crippen LogP contribution in [0.25, 0.3) is 11.2 Å². The number of halogens is 1. The number of hydrogen-bond acceptors (Lipinski definition) is 2. The molecular formula is C17H26ClN3. The van der Waals surface area contributed by atoms with Crippen molar-refractivity contribution in [3.8, 4) is 0 Å². The lowest BCUT2D eigenvalue weighted by atomic mass is 9.86. The Labute approximate surface area is 132 Å². The summed E-state index contributed by atoms with van der Waals surface area (Å²) in [6, 6.07) is 2.00. The van der Waals surface area contributed by atoms with E-state index in [1.165, 1.54) is 25.7 Å². The van der Waals surface area contributed by atoms with Crippen LogP contribution in [0.1, 0.15) is 57.8 Å². The van der Waals surface area contributed by atoms with Crippen molar-refractivity contribution in [1.29, 1.82) is 0 Å². The highest BCUT2D eigenvalue weighted by molar-refractivity contribution is 6.16. The lowest BCUT2D eigenvalue weighted by molar-refractivity contribution is 0.272. The fraction of sp³-hybridized carbons (Fsp3) is 0.647. The Morgan fingerprint density at radius 3 is 2.71 bits per heavy atom. The van der Waals surface area contributed by atoms with E-state index in [2.05, 4.69) is 42.2 Å². The highest BCUT2D eigenvalue weighted by Gasteiger charge is 2.22. The van der Waals surface area contributed by atoms with Crippen molar-refractivity contribution < 1.29 is 0 Å². The van der Waals surface area contributed by atoms with Crippen LogP contribution < -0.4 is 0 Å². The molecule has 0 aliphatic carbocycles. The zero-order valence-corrected chi connectivity index (χ0v) is 14.4. The maximum Gasteiger partial charge on any atom is 0.160 e. The van der Waals surface area contributed by atoms with Crippen LogP contribution in [-0.2, 0) is 12.4 Å². The molecule has 2 heterocycles. The molecule has 0 aliphatic rings. The number of pyridine rings is 1. The van der Waals surface area contributed by atoms with Gasteiger partial charge in [0.25, 0.3) is 0 Å². The maximum absolute atomic E-state index is 6.10. The van der Waals surface area contributed by atoms with Crippen LogP contribution in [0.5, 0.6) is 0 Å². The standard InChI is InChI=1S/C17H26ClN3/c1-5-6-7-9-17(3,4)12-21-14(11-18)20-15-13(2)8-10-19-16(15)21/h8,10H,5-7,9,11-12H2,1-4H3. The molecule has 2 rings (SSSR count). The van der Waals surface area contributed by atoms with Crippen molar-refractivity contribution in [2.75, 3.05) is 0 Å². The molecule has 2 aromatic heterocycles. The SMILES string of the molecule is CCCCCC(C)(C)Cn1c(CCl)nc2c(C)ccnc21. The molecule has 0 aromatic carbocycles. The summed E-state index contributed by atoms with van der Waals surface area (Å²) in [6.07, 6.45) is 6.91. The number of fused-ring (bicyclic) bond motifs is 1. The lowest BCUT2D eigenvalue weighted by Crippen LogP contribution is -2.21. The molecule has 0 atom stereocenters. The van der Waals surface area contributed by atoms with Crippen molar-refractivity contribution in [2.45, 2.75) is 65.8 Å². The number of aryl methyl sites for hydroxylation is 1. The molecule has 21 heavy (non-hydrogen) atoms. The first-order valence-electron chi connectivity index (χ1n) is 7.85. The summed E-state index contributed by atoms with van der Waals surface area (Å²) in [5.74, 6) is 1.36. The normalized spacial score (nSPS) is 12.2. The monoisotopic (exact) mass is 307 g/mol. The summed E-state index contributed by atoms with van der Waals surface area (Å²) in [4.78, 5) is 9.21. The number of hydrogen-bond donors (Lipinski definition) is 0. The quantitative estimate of drug-likeness (QED) is 0.527. The Morgan fingerprint density at radius 1 is 1.29 bits per heavy atom. The minimum Gasteiger partial charge on any atom is -0.311 e. The minimum absolute atomic E-state index is 0.231. The van der Waals surface area contributed by atoms with Gasteiger partial charge in [0.05, 0.1) is 5.88 Å². The molecular weight excluding hydrogens is 282 g/mol. The van der Waals surface area contributed by atoms with Gasteiger partial charge in [-0.05, 0) is 30.4 Å². The fourth-order valence-corrected chi connectivity index (χ4v) is 3.02.